The predicted molar refractivity (Wildman–Crippen MR) is 98.0 cm³/mol. The van der Waals surface area contributed by atoms with Gasteiger partial charge in [-0.2, -0.15) is 0 Å². The standard InChI is InChI=1S/C19H24ClN3O2/c1-3-22-12-9-21-18(22)15-7-10-23(11-8-15)19(24)14(2)25-17-6-4-5-16(20)13-17/h4-6,9,12-15H,3,7-8,10-11H2,1-2H3/t14-/m1/s1. The van der Waals surface area contributed by atoms with Crippen LogP contribution in [0.2, 0.25) is 5.02 Å². The van der Waals surface area contributed by atoms with Crippen LogP contribution in [0.15, 0.2) is 36.7 Å². The highest BCUT2D eigenvalue weighted by atomic mass is 35.5. The molecule has 1 amide bonds. The van der Waals surface area contributed by atoms with Gasteiger partial charge in [-0.15, -0.1) is 0 Å². The molecule has 25 heavy (non-hydrogen) atoms. The first-order valence-electron chi connectivity index (χ1n) is 8.80. The fourth-order valence-corrected chi connectivity index (χ4v) is 3.54. The number of carbonyl (C=O) groups is 1. The van der Waals surface area contributed by atoms with Gasteiger partial charge in [-0.3, -0.25) is 4.79 Å². The van der Waals surface area contributed by atoms with Crippen molar-refractivity contribution in [2.75, 3.05) is 13.1 Å². The number of piperidine rings is 1. The monoisotopic (exact) mass is 361 g/mol. The van der Waals surface area contributed by atoms with Gasteiger partial charge in [0.15, 0.2) is 6.10 Å². The van der Waals surface area contributed by atoms with E-state index in [1.165, 1.54) is 0 Å². The zero-order chi connectivity index (χ0) is 17.8. The molecule has 0 radical (unpaired) electrons. The van der Waals surface area contributed by atoms with Crippen molar-refractivity contribution in [1.29, 1.82) is 0 Å². The van der Waals surface area contributed by atoms with Crippen molar-refractivity contribution in [3.05, 3.63) is 47.5 Å². The number of aryl methyl sites for hydroxylation is 1. The summed E-state index contributed by atoms with van der Waals surface area (Å²) in [5.41, 5.74) is 0. The molecule has 6 heteroatoms. The number of benzene rings is 1. The molecule has 1 atom stereocenters. The molecular weight excluding hydrogens is 338 g/mol. The Morgan fingerprint density at radius 3 is 2.84 bits per heavy atom. The second-order valence-electron chi connectivity index (χ2n) is 6.39. The molecule has 3 rings (SSSR count). The van der Waals surface area contributed by atoms with Crippen LogP contribution in [0.3, 0.4) is 0 Å². The predicted octanol–water partition coefficient (Wildman–Crippen LogP) is 3.73. The summed E-state index contributed by atoms with van der Waals surface area (Å²) in [5.74, 6) is 2.20. The van der Waals surface area contributed by atoms with E-state index >= 15 is 0 Å². The molecule has 1 aromatic heterocycles. The first-order valence-corrected chi connectivity index (χ1v) is 9.18. The van der Waals surface area contributed by atoms with Crippen LogP contribution in [0, 0.1) is 0 Å². The Kier molecular flexibility index (Phi) is 5.63. The van der Waals surface area contributed by atoms with Crippen molar-refractivity contribution >= 4 is 17.5 Å². The van der Waals surface area contributed by atoms with Gasteiger partial charge in [-0.25, -0.2) is 4.98 Å². The Hall–Kier alpha value is -2.01. The minimum atomic E-state index is -0.521. The number of halogens is 1. The maximum absolute atomic E-state index is 12.7. The van der Waals surface area contributed by atoms with Crippen LogP contribution in [0.4, 0.5) is 0 Å². The van der Waals surface area contributed by atoms with Crippen molar-refractivity contribution in [3.8, 4) is 5.75 Å². The van der Waals surface area contributed by atoms with E-state index in [-0.39, 0.29) is 5.91 Å². The molecule has 1 saturated heterocycles. The molecule has 5 nitrogen and oxygen atoms in total. The number of rotatable bonds is 5. The number of imidazole rings is 1. The Labute approximate surface area is 153 Å². The van der Waals surface area contributed by atoms with E-state index in [1.807, 2.05) is 29.4 Å². The zero-order valence-corrected chi connectivity index (χ0v) is 15.4. The molecule has 134 valence electrons. The number of nitrogens with zero attached hydrogens (tertiary/aromatic N) is 3. The van der Waals surface area contributed by atoms with Gasteiger partial charge in [0.2, 0.25) is 0 Å². The summed E-state index contributed by atoms with van der Waals surface area (Å²) < 4.78 is 7.94. The molecule has 1 aliphatic heterocycles. The topological polar surface area (TPSA) is 47.4 Å². The van der Waals surface area contributed by atoms with Gasteiger partial charge in [-0.1, -0.05) is 17.7 Å². The maximum Gasteiger partial charge on any atom is 0.263 e. The fraction of sp³-hybridized carbons (Fsp3) is 0.474. The molecule has 2 heterocycles. The molecule has 1 aliphatic rings. The van der Waals surface area contributed by atoms with E-state index in [2.05, 4.69) is 16.5 Å². The third-order valence-electron chi connectivity index (χ3n) is 4.72. The van der Waals surface area contributed by atoms with Crippen LogP contribution < -0.4 is 4.74 Å². The van der Waals surface area contributed by atoms with Gasteiger partial charge in [0.25, 0.3) is 5.91 Å². The SMILES string of the molecule is CCn1ccnc1C1CCN(C(=O)[C@@H](C)Oc2cccc(Cl)c2)CC1. The number of carbonyl (C=O) groups excluding carboxylic acids is 1. The second-order valence-corrected chi connectivity index (χ2v) is 6.82. The number of ether oxygens (including phenoxy) is 1. The Balaban J connectivity index is 1.56. The summed E-state index contributed by atoms with van der Waals surface area (Å²) in [6.45, 7) is 6.32. The molecule has 1 aromatic carbocycles. The summed E-state index contributed by atoms with van der Waals surface area (Å²) >= 11 is 5.96. The van der Waals surface area contributed by atoms with Crippen LogP contribution >= 0.6 is 11.6 Å². The number of hydrogen-bond donors (Lipinski definition) is 0. The zero-order valence-electron chi connectivity index (χ0n) is 14.7. The molecule has 0 N–H and O–H groups in total. The minimum Gasteiger partial charge on any atom is -0.481 e. The molecule has 0 unspecified atom stereocenters. The highest BCUT2D eigenvalue weighted by Gasteiger charge is 2.29. The fourth-order valence-electron chi connectivity index (χ4n) is 3.36. The van der Waals surface area contributed by atoms with Crippen LogP contribution in [0.1, 0.15) is 38.4 Å². The van der Waals surface area contributed by atoms with E-state index in [0.29, 0.717) is 16.7 Å². The number of aromatic nitrogens is 2. The third-order valence-corrected chi connectivity index (χ3v) is 4.95. The average molecular weight is 362 g/mol. The van der Waals surface area contributed by atoms with Crippen molar-refractivity contribution < 1.29 is 9.53 Å². The number of likely N-dealkylation sites (tertiary alicyclic amines) is 1. The molecule has 0 aliphatic carbocycles. The molecule has 2 aromatic rings. The van der Waals surface area contributed by atoms with Crippen LogP contribution in [-0.4, -0.2) is 39.6 Å². The van der Waals surface area contributed by atoms with Crippen LogP contribution in [-0.2, 0) is 11.3 Å². The van der Waals surface area contributed by atoms with Gasteiger partial charge in [0.1, 0.15) is 11.6 Å². The van der Waals surface area contributed by atoms with Crippen LogP contribution in [0.5, 0.6) is 5.75 Å². The normalized spacial score (nSPS) is 16.7. The Morgan fingerprint density at radius 2 is 2.16 bits per heavy atom. The second kappa shape index (κ2) is 7.91. The minimum absolute atomic E-state index is 0.0252. The van der Waals surface area contributed by atoms with E-state index in [0.717, 1.165) is 38.3 Å². The highest BCUT2D eigenvalue weighted by Crippen LogP contribution is 2.27. The van der Waals surface area contributed by atoms with Gasteiger partial charge in [0.05, 0.1) is 0 Å². The lowest BCUT2D eigenvalue weighted by Crippen LogP contribution is -2.44. The Morgan fingerprint density at radius 1 is 1.40 bits per heavy atom. The molecule has 1 fully saturated rings. The molecule has 0 spiro atoms. The molecular formula is C19H24ClN3O2. The van der Waals surface area contributed by atoms with Gasteiger partial charge in [-0.05, 0) is 44.9 Å². The van der Waals surface area contributed by atoms with Crippen molar-refractivity contribution in [1.82, 2.24) is 14.5 Å². The number of hydrogen-bond acceptors (Lipinski definition) is 3. The summed E-state index contributed by atoms with van der Waals surface area (Å²) in [4.78, 5) is 19.0. The lowest BCUT2D eigenvalue weighted by molar-refractivity contribution is -0.139. The molecule has 0 bridgehead atoms. The van der Waals surface area contributed by atoms with Crippen molar-refractivity contribution in [2.45, 2.75) is 45.3 Å². The lowest BCUT2D eigenvalue weighted by atomic mass is 9.95. The highest BCUT2D eigenvalue weighted by molar-refractivity contribution is 6.30. The van der Waals surface area contributed by atoms with E-state index in [1.54, 1.807) is 19.1 Å². The van der Waals surface area contributed by atoms with Crippen molar-refractivity contribution in [2.24, 2.45) is 0 Å². The summed E-state index contributed by atoms with van der Waals surface area (Å²) in [7, 11) is 0. The number of amides is 1. The summed E-state index contributed by atoms with van der Waals surface area (Å²) in [6, 6.07) is 7.14. The van der Waals surface area contributed by atoms with Crippen molar-refractivity contribution in [3.63, 3.8) is 0 Å². The first-order chi connectivity index (χ1) is 12.1. The van der Waals surface area contributed by atoms with E-state index in [4.69, 9.17) is 16.3 Å². The van der Waals surface area contributed by atoms with Gasteiger partial charge in [0, 0.05) is 43.0 Å². The van der Waals surface area contributed by atoms with Gasteiger partial charge >= 0.3 is 0 Å². The molecule has 0 saturated carbocycles. The Bertz CT molecular complexity index is 723. The summed E-state index contributed by atoms with van der Waals surface area (Å²) in [6.07, 6.45) is 5.23. The largest absolute Gasteiger partial charge is 0.481 e. The van der Waals surface area contributed by atoms with E-state index < -0.39 is 6.10 Å². The third kappa shape index (κ3) is 4.15. The maximum atomic E-state index is 12.7. The first kappa shape index (κ1) is 17.8. The quantitative estimate of drug-likeness (QED) is 0.815. The van der Waals surface area contributed by atoms with Gasteiger partial charge < -0.3 is 14.2 Å². The average Bonchev–Trinajstić information content (AvgIpc) is 3.10. The lowest BCUT2D eigenvalue weighted by Gasteiger charge is -2.33. The van der Waals surface area contributed by atoms with Crippen LogP contribution in [0.25, 0.3) is 0 Å². The smallest absolute Gasteiger partial charge is 0.263 e. The van der Waals surface area contributed by atoms with E-state index in [9.17, 15) is 4.79 Å². The summed E-state index contributed by atoms with van der Waals surface area (Å²) in [5, 5.41) is 0.601.